The fourth-order valence-corrected chi connectivity index (χ4v) is 1.37. The number of aliphatic hydroxyl groups is 2. The van der Waals surface area contributed by atoms with Crippen molar-refractivity contribution in [3.05, 3.63) is 0 Å². The lowest BCUT2D eigenvalue weighted by atomic mass is 10.1. The van der Waals surface area contributed by atoms with E-state index in [1.165, 1.54) is 6.92 Å². The number of hydrogen-bond donors (Lipinski definition) is 4. The fraction of sp³-hybridized carbons (Fsp3) is 0.857. The topological polar surface area (TPSA) is 81.6 Å². The molecule has 0 radical (unpaired) electrons. The van der Waals surface area contributed by atoms with Gasteiger partial charge in [0.1, 0.15) is 0 Å². The minimum Gasteiger partial charge on any atom is -0.395 e. The van der Waals surface area contributed by atoms with Crippen molar-refractivity contribution < 1.29 is 15.0 Å². The molecule has 70 valence electrons. The summed E-state index contributed by atoms with van der Waals surface area (Å²) < 4.78 is 0. The zero-order chi connectivity index (χ0) is 9.14. The molecule has 5 heteroatoms. The summed E-state index contributed by atoms with van der Waals surface area (Å²) in [7, 11) is 0. The average molecular weight is 174 g/mol. The number of aliphatic hydroxyl groups excluding tert-OH is 2. The van der Waals surface area contributed by atoms with E-state index in [1.807, 2.05) is 0 Å². The van der Waals surface area contributed by atoms with Crippen LogP contribution in [-0.2, 0) is 4.79 Å². The first-order valence-electron chi connectivity index (χ1n) is 3.94. The Kier molecular flexibility index (Phi) is 3.02. The molecule has 1 aliphatic rings. The average Bonchev–Trinajstić information content (AvgIpc) is 2.32. The normalized spacial score (nSPS) is 35.1. The second-order valence-corrected chi connectivity index (χ2v) is 2.99. The molecule has 1 heterocycles. The van der Waals surface area contributed by atoms with Gasteiger partial charge < -0.3 is 20.8 Å². The SMILES string of the molecule is CC(=O)N[C@@H]1CN[C@H](CO)[C@H]1O. The van der Waals surface area contributed by atoms with Gasteiger partial charge in [0.2, 0.25) is 5.91 Å². The van der Waals surface area contributed by atoms with E-state index in [9.17, 15) is 9.90 Å². The predicted molar refractivity (Wildman–Crippen MR) is 42.5 cm³/mol. The third-order valence-corrected chi connectivity index (χ3v) is 2.01. The van der Waals surface area contributed by atoms with Crippen molar-refractivity contribution >= 4 is 5.91 Å². The second kappa shape index (κ2) is 3.84. The number of carbonyl (C=O) groups is 1. The highest BCUT2D eigenvalue weighted by Gasteiger charge is 2.33. The van der Waals surface area contributed by atoms with Gasteiger partial charge in [-0.25, -0.2) is 0 Å². The van der Waals surface area contributed by atoms with E-state index in [-0.39, 0.29) is 24.6 Å². The minimum atomic E-state index is -0.695. The van der Waals surface area contributed by atoms with E-state index >= 15 is 0 Å². The van der Waals surface area contributed by atoms with Gasteiger partial charge in [0.05, 0.1) is 24.8 Å². The quantitative estimate of drug-likeness (QED) is 0.383. The largest absolute Gasteiger partial charge is 0.395 e. The van der Waals surface area contributed by atoms with Gasteiger partial charge in [0.15, 0.2) is 0 Å². The number of rotatable bonds is 2. The van der Waals surface area contributed by atoms with Gasteiger partial charge >= 0.3 is 0 Å². The lowest BCUT2D eigenvalue weighted by Gasteiger charge is -2.17. The van der Waals surface area contributed by atoms with E-state index in [0.29, 0.717) is 6.54 Å². The predicted octanol–water partition coefficient (Wildman–Crippen LogP) is -2.18. The van der Waals surface area contributed by atoms with E-state index in [4.69, 9.17) is 5.11 Å². The number of nitrogens with one attached hydrogen (secondary N) is 2. The number of hydrogen-bond acceptors (Lipinski definition) is 4. The molecular weight excluding hydrogens is 160 g/mol. The maximum Gasteiger partial charge on any atom is 0.217 e. The molecule has 1 fully saturated rings. The molecule has 5 nitrogen and oxygen atoms in total. The first-order chi connectivity index (χ1) is 5.65. The van der Waals surface area contributed by atoms with Gasteiger partial charge in [-0.05, 0) is 0 Å². The Bertz CT molecular complexity index is 174. The fourth-order valence-electron chi connectivity index (χ4n) is 1.37. The molecule has 1 saturated heterocycles. The number of carbonyl (C=O) groups excluding carboxylic acids is 1. The molecule has 1 rings (SSSR count). The molecule has 0 spiro atoms. The summed E-state index contributed by atoms with van der Waals surface area (Å²) in [5, 5.41) is 23.7. The van der Waals surface area contributed by atoms with Crippen molar-refractivity contribution in [2.24, 2.45) is 0 Å². The van der Waals surface area contributed by atoms with Crippen LogP contribution in [0.2, 0.25) is 0 Å². The summed E-state index contributed by atoms with van der Waals surface area (Å²) in [6, 6.07) is -0.596. The summed E-state index contributed by atoms with van der Waals surface area (Å²) in [4.78, 5) is 10.6. The van der Waals surface area contributed by atoms with E-state index in [2.05, 4.69) is 10.6 Å². The summed E-state index contributed by atoms with van der Waals surface area (Å²) in [5.41, 5.74) is 0. The molecular formula is C7H14N2O3. The van der Waals surface area contributed by atoms with Crippen LogP contribution in [0.15, 0.2) is 0 Å². The summed E-state index contributed by atoms with van der Waals surface area (Å²) in [5.74, 6) is -0.167. The molecule has 0 bridgehead atoms. The van der Waals surface area contributed by atoms with Crippen molar-refractivity contribution in [3.8, 4) is 0 Å². The van der Waals surface area contributed by atoms with Crippen LogP contribution in [0, 0.1) is 0 Å². The Morgan fingerprint density at radius 1 is 1.75 bits per heavy atom. The van der Waals surface area contributed by atoms with Gasteiger partial charge in [-0.2, -0.15) is 0 Å². The van der Waals surface area contributed by atoms with Crippen LogP contribution in [0.4, 0.5) is 0 Å². The third-order valence-electron chi connectivity index (χ3n) is 2.01. The van der Waals surface area contributed by atoms with Crippen molar-refractivity contribution in [1.82, 2.24) is 10.6 Å². The van der Waals surface area contributed by atoms with Crippen molar-refractivity contribution in [1.29, 1.82) is 0 Å². The maximum absolute atomic E-state index is 10.6. The zero-order valence-corrected chi connectivity index (χ0v) is 6.95. The molecule has 0 saturated carbocycles. The van der Waals surface area contributed by atoms with Crippen molar-refractivity contribution in [2.45, 2.75) is 25.1 Å². The van der Waals surface area contributed by atoms with Gasteiger partial charge in [-0.15, -0.1) is 0 Å². The van der Waals surface area contributed by atoms with Crippen LogP contribution in [0.1, 0.15) is 6.92 Å². The Morgan fingerprint density at radius 3 is 2.83 bits per heavy atom. The Balaban J connectivity index is 2.43. The van der Waals surface area contributed by atoms with Gasteiger partial charge in [0.25, 0.3) is 0 Å². The highest BCUT2D eigenvalue weighted by molar-refractivity contribution is 5.73. The van der Waals surface area contributed by atoms with Crippen molar-refractivity contribution in [3.63, 3.8) is 0 Å². The second-order valence-electron chi connectivity index (χ2n) is 2.99. The van der Waals surface area contributed by atoms with Crippen LogP contribution >= 0.6 is 0 Å². The lowest BCUT2D eigenvalue weighted by Crippen LogP contribution is -2.44. The molecule has 0 unspecified atom stereocenters. The summed E-state index contributed by atoms with van der Waals surface area (Å²) in [6.07, 6.45) is -0.695. The first-order valence-corrected chi connectivity index (χ1v) is 3.94. The van der Waals surface area contributed by atoms with E-state index in [1.54, 1.807) is 0 Å². The maximum atomic E-state index is 10.6. The Labute approximate surface area is 70.8 Å². The molecule has 0 aromatic rings. The monoisotopic (exact) mass is 174 g/mol. The van der Waals surface area contributed by atoms with Crippen LogP contribution < -0.4 is 10.6 Å². The highest BCUT2D eigenvalue weighted by Crippen LogP contribution is 2.06. The van der Waals surface area contributed by atoms with Crippen LogP contribution in [0.25, 0.3) is 0 Å². The Morgan fingerprint density at radius 2 is 2.42 bits per heavy atom. The van der Waals surface area contributed by atoms with Crippen molar-refractivity contribution in [2.75, 3.05) is 13.2 Å². The van der Waals surface area contributed by atoms with Crippen LogP contribution in [0.3, 0.4) is 0 Å². The minimum absolute atomic E-state index is 0.114. The molecule has 4 N–H and O–H groups in total. The molecule has 0 aromatic carbocycles. The molecule has 12 heavy (non-hydrogen) atoms. The summed E-state index contributed by atoms with van der Waals surface area (Å²) in [6.45, 7) is 1.79. The van der Waals surface area contributed by atoms with Gasteiger partial charge in [-0.3, -0.25) is 4.79 Å². The van der Waals surface area contributed by atoms with Crippen LogP contribution in [0.5, 0.6) is 0 Å². The van der Waals surface area contributed by atoms with E-state index < -0.39 is 6.10 Å². The molecule has 1 amide bonds. The first kappa shape index (κ1) is 9.44. The van der Waals surface area contributed by atoms with Gasteiger partial charge in [0, 0.05) is 13.5 Å². The molecule has 3 atom stereocenters. The lowest BCUT2D eigenvalue weighted by molar-refractivity contribution is -0.120. The highest BCUT2D eigenvalue weighted by atomic mass is 16.3. The zero-order valence-electron chi connectivity index (χ0n) is 6.95. The van der Waals surface area contributed by atoms with Crippen LogP contribution in [-0.4, -0.2) is 47.5 Å². The standard InChI is InChI=1S/C7H14N2O3/c1-4(11)9-5-2-8-6(3-10)7(5)12/h5-8,10,12H,2-3H2,1H3,(H,9,11)/t5-,6-,7+/m1/s1. The summed E-state index contributed by atoms with van der Waals surface area (Å²) >= 11 is 0. The Hall–Kier alpha value is -0.650. The van der Waals surface area contributed by atoms with Gasteiger partial charge in [-0.1, -0.05) is 0 Å². The third kappa shape index (κ3) is 1.94. The molecule has 0 aromatic heterocycles. The molecule has 1 aliphatic heterocycles. The molecule has 0 aliphatic carbocycles. The number of amides is 1. The smallest absolute Gasteiger partial charge is 0.217 e. The van der Waals surface area contributed by atoms with E-state index in [0.717, 1.165) is 0 Å².